The summed E-state index contributed by atoms with van der Waals surface area (Å²) >= 11 is 0. The first-order chi connectivity index (χ1) is 10.2. The molecule has 1 atom stereocenters. The Hall–Kier alpha value is -2.00. The van der Waals surface area contributed by atoms with Crippen molar-refractivity contribution in [2.24, 2.45) is 0 Å². The second-order valence-electron chi connectivity index (χ2n) is 5.51. The number of hydrogen-bond acceptors (Lipinski definition) is 3. The minimum atomic E-state index is 0.285. The van der Waals surface area contributed by atoms with E-state index in [1.165, 1.54) is 22.3 Å². The lowest BCUT2D eigenvalue weighted by molar-refractivity contribution is 0.297. The first-order valence-corrected chi connectivity index (χ1v) is 7.31. The van der Waals surface area contributed by atoms with Crippen LogP contribution in [0.5, 0.6) is 11.5 Å². The second kappa shape index (κ2) is 5.78. The van der Waals surface area contributed by atoms with Gasteiger partial charge in [0.25, 0.3) is 0 Å². The third-order valence-corrected chi connectivity index (χ3v) is 4.14. The van der Waals surface area contributed by atoms with Gasteiger partial charge in [-0.15, -0.1) is 0 Å². The summed E-state index contributed by atoms with van der Waals surface area (Å²) in [5, 5.41) is 3.25. The zero-order valence-electron chi connectivity index (χ0n) is 12.8. The SMILES string of the molecule is CNC1COc2cc(OCc3c(C)cccc3C)ccc21. The fourth-order valence-corrected chi connectivity index (χ4v) is 2.75. The molecule has 0 spiro atoms. The minimum Gasteiger partial charge on any atom is -0.491 e. The minimum absolute atomic E-state index is 0.285. The quantitative estimate of drug-likeness (QED) is 0.931. The lowest BCUT2D eigenvalue weighted by atomic mass is 10.0. The Labute approximate surface area is 125 Å². The van der Waals surface area contributed by atoms with E-state index in [0.29, 0.717) is 13.2 Å². The molecule has 0 saturated heterocycles. The van der Waals surface area contributed by atoms with Gasteiger partial charge in [0.05, 0.1) is 6.04 Å². The molecule has 2 aromatic carbocycles. The van der Waals surface area contributed by atoms with E-state index in [0.717, 1.165) is 11.5 Å². The number of fused-ring (bicyclic) bond motifs is 1. The zero-order chi connectivity index (χ0) is 14.8. The van der Waals surface area contributed by atoms with Crippen LogP contribution >= 0.6 is 0 Å². The molecule has 1 heterocycles. The van der Waals surface area contributed by atoms with Gasteiger partial charge in [0, 0.05) is 11.6 Å². The van der Waals surface area contributed by atoms with E-state index in [1.807, 2.05) is 19.2 Å². The van der Waals surface area contributed by atoms with Gasteiger partial charge in [-0.05, 0) is 49.7 Å². The summed E-state index contributed by atoms with van der Waals surface area (Å²) in [5.41, 5.74) is 4.99. The maximum absolute atomic E-state index is 5.95. The predicted molar refractivity (Wildman–Crippen MR) is 84.0 cm³/mol. The van der Waals surface area contributed by atoms with Crippen molar-refractivity contribution in [3.8, 4) is 11.5 Å². The Morgan fingerprint density at radius 3 is 2.67 bits per heavy atom. The fourth-order valence-electron chi connectivity index (χ4n) is 2.75. The smallest absolute Gasteiger partial charge is 0.127 e. The molecule has 3 nitrogen and oxygen atoms in total. The van der Waals surface area contributed by atoms with Crippen molar-refractivity contribution >= 4 is 0 Å². The van der Waals surface area contributed by atoms with E-state index in [4.69, 9.17) is 9.47 Å². The summed E-state index contributed by atoms with van der Waals surface area (Å²) in [6, 6.07) is 12.7. The summed E-state index contributed by atoms with van der Waals surface area (Å²) in [5.74, 6) is 1.78. The summed E-state index contributed by atoms with van der Waals surface area (Å²) in [6.07, 6.45) is 0. The zero-order valence-corrected chi connectivity index (χ0v) is 12.8. The molecular weight excluding hydrogens is 262 g/mol. The van der Waals surface area contributed by atoms with Gasteiger partial charge in [0.15, 0.2) is 0 Å². The lowest BCUT2D eigenvalue weighted by Gasteiger charge is -2.12. The van der Waals surface area contributed by atoms with Crippen LogP contribution in [-0.4, -0.2) is 13.7 Å². The monoisotopic (exact) mass is 283 g/mol. The van der Waals surface area contributed by atoms with Gasteiger partial charge in [-0.25, -0.2) is 0 Å². The van der Waals surface area contributed by atoms with Gasteiger partial charge in [-0.2, -0.15) is 0 Å². The van der Waals surface area contributed by atoms with E-state index >= 15 is 0 Å². The van der Waals surface area contributed by atoms with Crippen molar-refractivity contribution in [2.45, 2.75) is 26.5 Å². The second-order valence-corrected chi connectivity index (χ2v) is 5.51. The first kappa shape index (κ1) is 14.0. The summed E-state index contributed by atoms with van der Waals surface area (Å²) < 4.78 is 11.6. The molecule has 2 aromatic rings. The average molecular weight is 283 g/mol. The Morgan fingerprint density at radius 1 is 1.19 bits per heavy atom. The molecule has 21 heavy (non-hydrogen) atoms. The van der Waals surface area contributed by atoms with Crippen LogP contribution in [0.1, 0.15) is 28.3 Å². The molecule has 3 rings (SSSR count). The van der Waals surface area contributed by atoms with Crippen LogP contribution in [0.25, 0.3) is 0 Å². The molecule has 1 aliphatic rings. The van der Waals surface area contributed by atoms with Gasteiger partial charge in [0.1, 0.15) is 24.7 Å². The molecule has 1 N–H and O–H groups in total. The molecule has 110 valence electrons. The van der Waals surface area contributed by atoms with Crippen molar-refractivity contribution in [1.82, 2.24) is 5.32 Å². The number of rotatable bonds is 4. The normalized spacial score (nSPS) is 16.4. The molecule has 0 fully saturated rings. The molecule has 0 saturated carbocycles. The Balaban J connectivity index is 1.75. The Kier molecular flexibility index (Phi) is 3.84. The summed E-state index contributed by atoms with van der Waals surface area (Å²) in [7, 11) is 1.95. The van der Waals surface area contributed by atoms with Gasteiger partial charge in [0.2, 0.25) is 0 Å². The third-order valence-electron chi connectivity index (χ3n) is 4.14. The van der Waals surface area contributed by atoms with Crippen molar-refractivity contribution in [3.63, 3.8) is 0 Å². The van der Waals surface area contributed by atoms with E-state index < -0.39 is 0 Å². The van der Waals surface area contributed by atoms with Crippen LogP contribution in [-0.2, 0) is 6.61 Å². The van der Waals surface area contributed by atoms with Crippen LogP contribution in [0.4, 0.5) is 0 Å². The first-order valence-electron chi connectivity index (χ1n) is 7.31. The van der Waals surface area contributed by atoms with Gasteiger partial charge < -0.3 is 14.8 Å². The van der Waals surface area contributed by atoms with Crippen LogP contribution in [0.2, 0.25) is 0 Å². The molecule has 0 amide bonds. The molecule has 0 bridgehead atoms. The third kappa shape index (κ3) is 2.74. The number of hydrogen-bond donors (Lipinski definition) is 1. The van der Waals surface area contributed by atoms with E-state index in [2.05, 4.69) is 43.4 Å². The highest BCUT2D eigenvalue weighted by Gasteiger charge is 2.22. The molecule has 1 aliphatic heterocycles. The van der Waals surface area contributed by atoms with Crippen LogP contribution < -0.4 is 14.8 Å². The summed E-state index contributed by atoms with van der Waals surface area (Å²) in [4.78, 5) is 0. The predicted octanol–water partition coefficient (Wildman–Crippen LogP) is 3.54. The Bertz CT molecular complexity index is 631. The number of aryl methyl sites for hydroxylation is 2. The molecule has 0 radical (unpaired) electrons. The van der Waals surface area contributed by atoms with E-state index in [1.54, 1.807) is 0 Å². The Morgan fingerprint density at radius 2 is 1.95 bits per heavy atom. The number of benzene rings is 2. The van der Waals surface area contributed by atoms with Gasteiger partial charge >= 0.3 is 0 Å². The van der Waals surface area contributed by atoms with Crippen LogP contribution in [0, 0.1) is 13.8 Å². The average Bonchev–Trinajstić information content (AvgIpc) is 2.89. The fraction of sp³-hybridized carbons (Fsp3) is 0.333. The lowest BCUT2D eigenvalue weighted by Crippen LogP contribution is -2.17. The number of likely N-dealkylation sites (N-methyl/N-ethyl adjacent to an activating group) is 1. The van der Waals surface area contributed by atoms with E-state index in [-0.39, 0.29) is 6.04 Å². The molecule has 0 aromatic heterocycles. The van der Waals surface area contributed by atoms with Crippen LogP contribution in [0.15, 0.2) is 36.4 Å². The maximum atomic E-state index is 5.95. The van der Waals surface area contributed by atoms with Gasteiger partial charge in [-0.3, -0.25) is 0 Å². The topological polar surface area (TPSA) is 30.5 Å². The number of nitrogens with one attached hydrogen (secondary N) is 1. The van der Waals surface area contributed by atoms with Crippen molar-refractivity contribution in [1.29, 1.82) is 0 Å². The molecule has 3 heteroatoms. The van der Waals surface area contributed by atoms with Crippen LogP contribution in [0.3, 0.4) is 0 Å². The van der Waals surface area contributed by atoms with E-state index in [9.17, 15) is 0 Å². The summed E-state index contributed by atoms with van der Waals surface area (Å²) in [6.45, 7) is 5.52. The van der Waals surface area contributed by atoms with Crippen molar-refractivity contribution in [2.75, 3.05) is 13.7 Å². The standard InChI is InChI=1S/C18H21NO2/c1-12-5-4-6-13(2)16(12)10-20-14-7-8-15-17(19-3)11-21-18(15)9-14/h4-9,17,19H,10-11H2,1-3H3. The highest BCUT2D eigenvalue weighted by molar-refractivity contribution is 5.45. The van der Waals surface area contributed by atoms with Crippen molar-refractivity contribution < 1.29 is 9.47 Å². The largest absolute Gasteiger partial charge is 0.491 e. The molecule has 1 unspecified atom stereocenters. The highest BCUT2D eigenvalue weighted by atomic mass is 16.5. The molecule has 0 aliphatic carbocycles. The molecular formula is C18H21NO2. The van der Waals surface area contributed by atoms with Crippen molar-refractivity contribution in [3.05, 3.63) is 58.7 Å². The number of ether oxygens (including phenoxy) is 2. The highest BCUT2D eigenvalue weighted by Crippen LogP contribution is 2.35. The maximum Gasteiger partial charge on any atom is 0.127 e. The van der Waals surface area contributed by atoms with Gasteiger partial charge in [-0.1, -0.05) is 18.2 Å².